The van der Waals surface area contributed by atoms with Crippen molar-refractivity contribution in [2.45, 2.75) is 25.7 Å². The molecule has 4 nitrogen and oxygen atoms in total. The van der Waals surface area contributed by atoms with E-state index in [1.165, 1.54) is 24.0 Å². The van der Waals surface area contributed by atoms with Crippen molar-refractivity contribution in [3.8, 4) is 0 Å². The fourth-order valence-electron chi connectivity index (χ4n) is 3.59. The Morgan fingerprint density at radius 1 is 1.26 bits per heavy atom. The summed E-state index contributed by atoms with van der Waals surface area (Å²) in [7, 11) is 5.52. The maximum absolute atomic E-state index is 5.90. The van der Waals surface area contributed by atoms with Crippen LogP contribution < -0.4 is 0 Å². The van der Waals surface area contributed by atoms with Gasteiger partial charge in [0.1, 0.15) is 7.05 Å². The van der Waals surface area contributed by atoms with Gasteiger partial charge in [-0.15, -0.1) is 17.1 Å². The van der Waals surface area contributed by atoms with E-state index in [1.54, 1.807) is 14.2 Å². The molecule has 1 aliphatic carbocycles. The van der Waals surface area contributed by atoms with Crippen LogP contribution >= 0.6 is 12.4 Å². The van der Waals surface area contributed by atoms with E-state index in [2.05, 4.69) is 0 Å². The van der Waals surface area contributed by atoms with Gasteiger partial charge in [-0.2, -0.15) is 4.84 Å². The van der Waals surface area contributed by atoms with Gasteiger partial charge >= 0.3 is 5.88 Å². The zero-order chi connectivity index (χ0) is 12.8. The summed E-state index contributed by atoms with van der Waals surface area (Å²) in [5, 5.41) is 0. The maximum atomic E-state index is 5.90. The smallest absolute Gasteiger partial charge is 0.328 e. The molecule has 5 heteroatoms. The summed E-state index contributed by atoms with van der Waals surface area (Å²) in [5.74, 6) is 2.77. The third kappa shape index (κ3) is 2.16. The fraction of sp³-hybridized carbons (Fsp3) is 0.714. The molecule has 0 bridgehead atoms. The normalized spacial score (nSPS) is 33.3. The van der Waals surface area contributed by atoms with Crippen molar-refractivity contribution in [2.75, 3.05) is 34.4 Å². The van der Waals surface area contributed by atoms with E-state index in [4.69, 9.17) is 14.3 Å². The van der Waals surface area contributed by atoms with Crippen LogP contribution in [0.25, 0.3) is 0 Å². The number of quaternary nitrogens is 1. The molecule has 3 aliphatic rings. The number of hydroxylamine groups is 3. The van der Waals surface area contributed by atoms with Crippen molar-refractivity contribution >= 4 is 12.4 Å². The Morgan fingerprint density at radius 2 is 2.05 bits per heavy atom. The lowest BCUT2D eigenvalue weighted by Gasteiger charge is -2.42. The summed E-state index contributed by atoms with van der Waals surface area (Å²) in [5.41, 5.74) is 2.76. The van der Waals surface area contributed by atoms with E-state index < -0.39 is 0 Å². The van der Waals surface area contributed by atoms with Gasteiger partial charge in [-0.05, 0) is 31.6 Å². The first-order valence-corrected chi connectivity index (χ1v) is 6.75. The SMILES string of the molecule is COC1=C2CCCC3CCOC(=C23)C[N+]1(C)OC.Cl. The number of allylic oxidation sites excluding steroid dienone is 2. The molecule has 108 valence electrons. The lowest BCUT2D eigenvalue weighted by Crippen LogP contribution is -2.49. The van der Waals surface area contributed by atoms with Crippen molar-refractivity contribution < 1.29 is 19.0 Å². The molecule has 1 saturated carbocycles. The Labute approximate surface area is 121 Å². The monoisotopic (exact) mass is 288 g/mol. The molecule has 0 amide bonds. The zero-order valence-corrected chi connectivity index (χ0v) is 12.7. The highest BCUT2D eigenvalue weighted by molar-refractivity contribution is 5.85. The quantitative estimate of drug-likeness (QED) is 0.731. The molecule has 2 aliphatic heterocycles. The molecule has 0 saturated heterocycles. The average Bonchev–Trinajstić information content (AvgIpc) is 2.39. The molecule has 0 spiro atoms. The average molecular weight is 289 g/mol. The number of hydrogen-bond donors (Lipinski definition) is 0. The molecule has 0 aromatic rings. The Morgan fingerprint density at radius 3 is 2.74 bits per heavy atom. The minimum Gasteiger partial charge on any atom is -0.491 e. The number of hydrogen-bond acceptors (Lipinski definition) is 3. The summed E-state index contributed by atoms with van der Waals surface area (Å²) in [6.07, 6.45) is 4.77. The standard InChI is InChI=1S/C14H22NO3.ClH/c1-15(17-3)9-12-13-10(7-8-18-12)5-4-6-11(13)14(15)16-2;/h10H,4-9H2,1-3H3;1H/q+1;. The zero-order valence-electron chi connectivity index (χ0n) is 11.9. The topological polar surface area (TPSA) is 27.7 Å². The van der Waals surface area contributed by atoms with Crippen LogP contribution in [0.5, 0.6) is 0 Å². The molecule has 0 radical (unpaired) electrons. The van der Waals surface area contributed by atoms with Crippen molar-refractivity contribution in [3.63, 3.8) is 0 Å². The molecule has 3 rings (SSSR count). The van der Waals surface area contributed by atoms with Gasteiger partial charge in [0.25, 0.3) is 0 Å². The largest absolute Gasteiger partial charge is 0.491 e. The summed E-state index contributed by atoms with van der Waals surface area (Å²) >= 11 is 0. The van der Waals surface area contributed by atoms with E-state index in [9.17, 15) is 0 Å². The molecule has 2 heterocycles. The Hall–Kier alpha value is -0.710. The van der Waals surface area contributed by atoms with Crippen LogP contribution in [0.3, 0.4) is 0 Å². The van der Waals surface area contributed by atoms with E-state index in [0.717, 1.165) is 37.6 Å². The highest BCUT2D eigenvalue weighted by Gasteiger charge is 2.46. The summed E-state index contributed by atoms with van der Waals surface area (Å²) in [6, 6.07) is 0. The van der Waals surface area contributed by atoms with Gasteiger partial charge in [0.2, 0.25) is 0 Å². The number of rotatable bonds is 2. The molecule has 1 fully saturated rings. The Bertz CT molecular complexity index is 432. The summed E-state index contributed by atoms with van der Waals surface area (Å²) in [6.45, 7) is 1.60. The third-order valence-corrected chi connectivity index (χ3v) is 4.49. The first-order chi connectivity index (χ1) is 8.69. The molecular formula is C14H23ClNO3+. The van der Waals surface area contributed by atoms with Gasteiger partial charge in [-0.1, -0.05) is 0 Å². The first-order valence-electron chi connectivity index (χ1n) is 6.75. The molecule has 19 heavy (non-hydrogen) atoms. The van der Waals surface area contributed by atoms with Crippen LogP contribution in [0.15, 0.2) is 22.8 Å². The molecular weight excluding hydrogens is 266 g/mol. The van der Waals surface area contributed by atoms with E-state index in [-0.39, 0.29) is 12.4 Å². The van der Waals surface area contributed by atoms with Gasteiger partial charge in [-0.25, -0.2) is 0 Å². The Kier molecular flexibility index (Phi) is 4.14. The Balaban J connectivity index is 0.00000133. The molecule has 0 aromatic carbocycles. The van der Waals surface area contributed by atoms with Gasteiger partial charge in [0, 0.05) is 5.57 Å². The highest BCUT2D eigenvalue weighted by Crippen LogP contribution is 2.46. The maximum Gasteiger partial charge on any atom is 0.328 e. The van der Waals surface area contributed by atoms with Crippen LogP contribution in [-0.4, -0.2) is 39.1 Å². The fourth-order valence-corrected chi connectivity index (χ4v) is 3.59. The third-order valence-electron chi connectivity index (χ3n) is 4.49. The van der Waals surface area contributed by atoms with Gasteiger partial charge in [0.15, 0.2) is 12.3 Å². The predicted octanol–water partition coefficient (Wildman–Crippen LogP) is 2.76. The van der Waals surface area contributed by atoms with E-state index in [1.807, 2.05) is 7.05 Å². The second kappa shape index (κ2) is 5.35. The van der Waals surface area contributed by atoms with Crippen LogP contribution in [0.1, 0.15) is 25.7 Å². The van der Waals surface area contributed by atoms with E-state index >= 15 is 0 Å². The van der Waals surface area contributed by atoms with Crippen LogP contribution in [0.4, 0.5) is 0 Å². The lowest BCUT2D eigenvalue weighted by molar-refractivity contribution is -1.07. The molecule has 0 aromatic heterocycles. The highest BCUT2D eigenvalue weighted by atomic mass is 35.5. The van der Waals surface area contributed by atoms with Crippen molar-refractivity contribution in [3.05, 3.63) is 22.8 Å². The number of methoxy groups -OCH3 is 1. The minimum absolute atomic E-state index is 0. The summed E-state index contributed by atoms with van der Waals surface area (Å²) < 4.78 is 11.9. The lowest BCUT2D eigenvalue weighted by atomic mass is 9.76. The molecule has 2 unspecified atom stereocenters. The van der Waals surface area contributed by atoms with Gasteiger partial charge in [-0.3, -0.25) is 0 Å². The van der Waals surface area contributed by atoms with Crippen LogP contribution in [0, 0.1) is 5.92 Å². The number of nitrogens with zero attached hydrogens (tertiary/aromatic N) is 1. The second-order valence-corrected chi connectivity index (χ2v) is 5.49. The summed E-state index contributed by atoms with van der Waals surface area (Å²) in [4.78, 5) is 5.66. The minimum atomic E-state index is 0. The first kappa shape index (κ1) is 14.7. The number of halogens is 1. The van der Waals surface area contributed by atoms with Gasteiger partial charge < -0.3 is 9.47 Å². The van der Waals surface area contributed by atoms with Gasteiger partial charge in [0.05, 0.1) is 26.4 Å². The van der Waals surface area contributed by atoms with Crippen LogP contribution in [0.2, 0.25) is 0 Å². The van der Waals surface area contributed by atoms with Crippen molar-refractivity contribution in [1.29, 1.82) is 0 Å². The van der Waals surface area contributed by atoms with Crippen LogP contribution in [-0.2, 0) is 14.3 Å². The second-order valence-electron chi connectivity index (χ2n) is 5.49. The predicted molar refractivity (Wildman–Crippen MR) is 74.3 cm³/mol. The van der Waals surface area contributed by atoms with Crippen molar-refractivity contribution in [1.82, 2.24) is 0 Å². The number of ether oxygens (including phenoxy) is 2. The van der Waals surface area contributed by atoms with Crippen molar-refractivity contribution in [2.24, 2.45) is 5.92 Å². The van der Waals surface area contributed by atoms with E-state index in [0.29, 0.717) is 10.6 Å². The molecule has 0 N–H and O–H groups in total. The molecule has 2 atom stereocenters. The number of likely N-dealkylation sites (N-methyl/N-ethyl adjacent to an activating group) is 1.